The first-order valence-electron chi connectivity index (χ1n) is 3.71. The normalized spacial score (nSPS) is 18.5. The molecule has 0 aromatic heterocycles. The predicted molar refractivity (Wildman–Crippen MR) is 46.0 cm³/mol. The summed E-state index contributed by atoms with van der Waals surface area (Å²) >= 11 is 0. The van der Waals surface area contributed by atoms with E-state index in [-0.39, 0.29) is 17.4 Å². The molecule has 0 saturated heterocycles. The summed E-state index contributed by atoms with van der Waals surface area (Å²) in [4.78, 5) is 27.2. The molecule has 0 fully saturated rings. The van der Waals surface area contributed by atoms with Crippen molar-refractivity contribution in [3.63, 3.8) is 0 Å². The Balaban J connectivity index is 2.90. The number of aliphatic imine (C=N–C) groups is 1. The van der Waals surface area contributed by atoms with Crippen molar-refractivity contribution < 1.29 is 14.3 Å². The molecule has 1 aliphatic heterocycles. The van der Waals surface area contributed by atoms with Gasteiger partial charge in [0, 0.05) is 27.2 Å². The first-order chi connectivity index (χ1) is 6.00. The molecule has 0 spiro atoms. The summed E-state index contributed by atoms with van der Waals surface area (Å²) in [5.41, 5.74) is 0.148. The van der Waals surface area contributed by atoms with Crippen LogP contribution >= 0.6 is 0 Å². The van der Waals surface area contributed by atoms with Crippen molar-refractivity contribution in [2.75, 3.05) is 14.1 Å². The molecule has 0 radical (unpaired) electrons. The number of hydrogen-bond donors (Lipinski definition) is 0. The van der Waals surface area contributed by atoms with Gasteiger partial charge in [-0.2, -0.15) is 0 Å². The molecule has 5 heteroatoms. The lowest BCUT2D eigenvalue weighted by molar-refractivity contribution is -0.131. The minimum absolute atomic E-state index is 0.141. The fourth-order valence-electron chi connectivity index (χ4n) is 0.795. The van der Waals surface area contributed by atoms with E-state index in [0.29, 0.717) is 0 Å². The Morgan fingerprint density at radius 2 is 2.15 bits per heavy atom. The van der Waals surface area contributed by atoms with Crippen molar-refractivity contribution >= 4 is 17.7 Å². The minimum atomic E-state index is -0.584. The molecule has 5 nitrogen and oxygen atoms in total. The molecular formula is C8H10N2O3. The topological polar surface area (TPSA) is 59.0 Å². The number of ketones is 1. The number of esters is 1. The molecule has 0 bridgehead atoms. The average Bonchev–Trinajstić information content (AvgIpc) is 2.31. The molecular weight excluding hydrogens is 172 g/mol. The molecule has 0 aliphatic carbocycles. The number of rotatable bonds is 2. The second kappa shape index (κ2) is 3.38. The van der Waals surface area contributed by atoms with Crippen LogP contribution in [0.3, 0.4) is 0 Å². The fraction of sp³-hybridized carbons (Fsp3) is 0.375. The van der Waals surface area contributed by atoms with Gasteiger partial charge < -0.3 is 9.64 Å². The second-order valence-electron chi connectivity index (χ2n) is 2.84. The van der Waals surface area contributed by atoms with Gasteiger partial charge in [-0.3, -0.25) is 4.79 Å². The second-order valence-corrected chi connectivity index (χ2v) is 2.84. The zero-order chi connectivity index (χ0) is 10.0. The maximum Gasteiger partial charge on any atom is 0.365 e. The maximum absolute atomic E-state index is 11.0. The number of carbonyl (C=O) groups excluding carboxylic acids is 2. The third-order valence-corrected chi connectivity index (χ3v) is 1.30. The SMILES string of the molecule is CC(=O)C1=N/C(=C\N(C)C)C(=O)O1. The molecule has 0 saturated carbocycles. The van der Waals surface area contributed by atoms with Gasteiger partial charge in [0.25, 0.3) is 5.90 Å². The first kappa shape index (κ1) is 9.44. The Hall–Kier alpha value is -1.65. The van der Waals surface area contributed by atoms with Crippen molar-refractivity contribution in [3.8, 4) is 0 Å². The van der Waals surface area contributed by atoms with Crippen molar-refractivity contribution in [2.24, 2.45) is 4.99 Å². The van der Waals surface area contributed by atoms with E-state index < -0.39 is 5.97 Å². The summed E-state index contributed by atoms with van der Waals surface area (Å²) in [6, 6.07) is 0. The highest BCUT2D eigenvalue weighted by Gasteiger charge is 2.25. The van der Waals surface area contributed by atoms with Gasteiger partial charge in [0.15, 0.2) is 5.70 Å². The maximum atomic E-state index is 11.0. The highest BCUT2D eigenvalue weighted by Crippen LogP contribution is 2.11. The lowest BCUT2D eigenvalue weighted by Gasteiger charge is -2.02. The van der Waals surface area contributed by atoms with Gasteiger partial charge in [0.1, 0.15) is 0 Å². The molecule has 1 rings (SSSR count). The first-order valence-corrected chi connectivity index (χ1v) is 3.71. The molecule has 0 N–H and O–H groups in total. The molecule has 0 amide bonds. The van der Waals surface area contributed by atoms with E-state index in [2.05, 4.69) is 9.73 Å². The van der Waals surface area contributed by atoms with E-state index >= 15 is 0 Å². The van der Waals surface area contributed by atoms with Crippen LogP contribution in [0.2, 0.25) is 0 Å². The van der Waals surface area contributed by atoms with E-state index in [1.807, 2.05) is 0 Å². The van der Waals surface area contributed by atoms with Crippen LogP contribution in [-0.2, 0) is 14.3 Å². The van der Waals surface area contributed by atoms with Crippen LogP contribution < -0.4 is 0 Å². The summed E-state index contributed by atoms with van der Waals surface area (Å²) < 4.78 is 4.60. The number of carbonyl (C=O) groups is 2. The predicted octanol–water partition coefficient (Wildman–Crippen LogP) is -0.0663. The summed E-state index contributed by atoms with van der Waals surface area (Å²) in [5.74, 6) is -1.08. The van der Waals surface area contributed by atoms with Crippen molar-refractivity contribution in [1.82, 2.24) is 4.90 Å². The highest BCUT2D eigenvalue weighted by atomic mass is 16.6. The van der Waals surface area contributed by atoms with Crippen molar-refractivity contribution in [3.05, 3.63) is 11.9 Å². The number of hydrogen-bond acceptors (Lipinski definition) is 5. The number of ether oxygens (including phenoxy) is 1. The van der Waals surface area contributed by atoms with Gasteiger partial charge in [0.05, 0.1) is 0 Å². The Bertz CT molecular complexity index is 315. The van der Waals surface area contributed by atoms with Gasteiger partial charge in [-0.15, -0.1) is 0 Å². The van der Waals surface area contributed by atoms with Gasteiger partial charge in [-0.05, 0) is 0 Å². The Kier molecular flexibility index (Phi) is 2.46. The number of cyclic esters (lactones) is 1. The van der Waals surface area contributed by atoms with Crippen LogP contribution in [0, 0.1) is 0 Å². The summed E-state index contributed by atoms with van der Waals surface area (Å²) in [5, 5.41) is 0. The Labute approximate surface area is 75.7 Å². The van der Waals surface area contributed by atoms with Crippen LogP contribution in [0.25, 0.3) is 0 Å². The third kappa shape index (κ3) is 2.14. The monoisotopic (exact) mass is 182 g/mol. The standard InChI is InChI=1S/C8H10N2O3/c1-5(11)7-9-6(4-10(2)3)8(12)13-7/h4H,1-3H3/b6-4-. The lowest BCUT2D eigenvalue weighted by Crippen LogP contribution is -2.12. The molecule has 0 aromatic carbocycles. The molecule has 1 aliphatic rings. The van der Waals surface area contributed by atoms with Crippen LogP contribution in [-0.4, -0.2) is 36.6 Å². The van der Waals surface area contributed by atoms with Crippen LogP contribution in [0.15, 0.2) is 16.9 Å². The van der Waals surface area contributed by atoms with E-state index in [1.54, 1.807) is 19.0 Å². The molecule has 70 valence electrons. The smallest absolute Gasteiger partial charge is 0.365 e. The minimum Gasteiger partial charge on any atom is -0.399 e. The molecule has 13 heavy (non-hydrogen) atoms. The molecule has 1 heterocycles. The van der Waals surface area contributed by atoms with E-state index in [1.165, 1.54) is 13.1 Å². The van der Waals surface area contributed by atoms with Gasteiger partial charge in [-0.25, -0.2) is 9.79 Å². The van der Waals surface area contributed by atoms with Crippen molar-refractivity contribution in [1.29, 1.82) is 0 Å². The van der Waals surface area contributed by atoms with Crippen LogP contribution in [0.4, 0.5) is 0 Å². The van der Waals surface area contributed by atoms with Gasteiger partial charge in [0.2, 0.25) is 5.78 Å². The third-order valence-electron chi connectivity index (χ3n) is 1.30. The number of nitrogens with zero attached hydrogens (tertiary/aromatic N) is 2. The summed E-state index contributed by atoms with van der Waals surface area (Å²) in [7, 11) is 3.50. The lowest BCUT2D eigenvalue weighted by atomic mass is 10.4. The summed E-state index contributed by atoms with van der Waals surface area (Å²) in [6.07, 6.45) is 1.50. The highest BCUT2D eigenvalue weighted by molar-refractivity contribution is 6.39. The summed E-state index contributed by atoms with van der Waals surface area (Å²) in [6.45, 7) is 1.30. The van der Waals surface area contributed by atoms with Crippen molar-refractivity contribution in [2.45, 2.75) is 6.92 Å². The Morgan fingerprint density at radius 1 is 1.54 bits per heavy atom. The largest absolute Gasteiger partial charge is 0.399 e. The van der Waals surface area contributed by atoms with Crippen LogP contribution in [0.1, 0.15) is 6.92 Å². The fourth-order valence-corrected chi connectivity index (χ4v) is 0.795. The number of Topliss-reactive ketones (excluding diaryl/α,β-unsaturated/α-hetero) is 1. The van der Waals surface area contributed by atoms with Gasteiger partial charge in [-0.1, -0.05) is 0 Å². The molecule has 0 atom stereocenters. The Morgan fingerprint density at radius 3 is 2.54 bits per heavy atom. The quantitative estimate of drug-likeness (QED) is 0.443. The van der Waals surface area contributed by atoms with Crippen LogP contribution in [0.5, 0.6) is 0 Å². The average molecular weight is 182 g/mol. The van der Waals surface area contributed by atoms with E-state index in [9.17, 15) is 9.59 Å². The zero-order valence-corrected chi connectivity index (χ0v) is 7.70. The van der Waals surface area contributed by atoms with Gasteiger partial charge >= 0.3 is 5.97 Å². The zero-order valence-electron chi connectivity index (χ0n) is 7.70. The van der Waals surface area contributed by atoms with E-state index in [4.69, 9.17) is 0 Å². The molecule has 0 unspecified atom stereocenters. The molecule has 0 aromatic rings. The van der Waals surface area contributed by atoms with E-state index in [0.717, 1.165) is 0 Å².